The van der Waals surface area contributed by atoms with Crippen LogP contribution in [-0.2, 0) is 20.6 Å². The summed E-state index contributed by atoms with van der Waals surface area (Å²) >= 11 is 5.73. The van der Waals surface area contributed by atoms with Crippen LogP contribution >= 0.6 is 11.6 Å². The number of cyclic esters (lactones) is 2. The molecular weight excluding hydrogens is 1240 g/mol. The van der Waals surface area contributed by atoms with Gasteiger partial charge in [0.1, 0.15) is 70.9 Å². The summed E-state index contributed by atoms with van der Waals surface area (Å²) in [5.74, 6) is 6.71. The number of para-hydroxylation sites is 4. The van der Waals surface area contributed by atoms with E-state index < -0.39 is 17.7 Å². The zero-order valence-electron chi connectivity index (χ0n) is 54.4. The summed E-state index contributed by atoms with van der Waals surface area (Å²) in [6.07, 6.45) is 0.658. The lowest BCUT2D eigenvalue weighted by Crippen LogP contribution is -2.35. The number of aromatic hydroxyl groups is 1. The Labute approximate surface area is 563 Å². The van der Waals surface area contributed by atoms with Crippen molar-refractivity contribution in [3.05, 3.63) is 263 Å². The maximum atomic E-state index is 12.2. The van der Waals surface area contributed by atoms with E-state index >= 15 is 0 Å². The first-order valence-corrected chi connectivity index (χ1v) is 30.9. The van der Waals surface area contributed by atoms with Crippen LogP contribution in [0.3, 0.4) is 0 Å². The van der Waals surface area contributed by atoms with Gasteiger partial charge < -0.3 is 39.8 Å². The summed E-state index contributed by atoms with van der Waals surface area (Å²) < 4.78 is 39.4. The van der Waals surface area contributed by atoms with E-state index in [0.717, 1.165) is 58.5 Å². The zero-order chi connectivity index (χ0) is 69.0. The van der Waals surface area contributed by atoms with E-state index in [1.807, 2.05) is 193 Å². The monoisotopic (exact) mass is 1310 g/mol. The molecule has 10 aromatic rings. The topological polar surface area (TPSA) is 270 Å². The van der Waals surface area contributed by atoms with E-state index in [1.165, 1.54) is 34.1 Å². The largest absolute Gasteiger partial charge is 0.508 e. The normalized spacial score (nSPS) is 13.6. The predicted octanol–water partition coefficient (Wildman–Crippen LogP) is 16.7. The number of hydrogen-bond donors (Lipinski definition) is 3. The third-order valence-electron chi connectivity index (χ3n) is 14.0. The Hall–Kier alpha value is -11.5. The minimum absolute atomic E-state index is 0.0367. The molecule has 0 unspecified atom stereocenters. The molecule has 2 amide bonds. The maximum Gasteiger partial charge on any atom is 0.417 e. The second kappa shape index (κ2) is 35.5. The molecule has 2 aliphatic rings. The molecule has 8 aromatic carbocycles. The number of benzene rings is 8. The second-order valence-corrected chi connectivity index (χ2v) is 22.7. The molecule has 2 aromatic heterocycles. The number of nitrogens with two attached hydrogens (primary N) is 1. The van der Waals surface area contributed by atoms with Gasteiger partial charge in [0.25, 0.3) is 0 Å². The first-order valence-electron chi connectivity index (χ1n) is 30.5. The van der Waals surface area contributed by atoms with Gasteiger partial charge in [-0.25, -0.2) is 28.8 Å². The molecule has 0 saturated carbocycles. The molecule has 2 aliphatic heterocycles. The first-order chi connectivity index (χ1) is 46.1. The van der Waals surface area contributed by atoms with E-state index in [2.05, 4.69) is 41.3 Å². The maximum absolute atomic E-state index is 12.2. The van der Waals surface area contributed by atoms with E-state index in [0.29, 0.717) is 53.6 Å². The first kappa shape index (κ1) is 71.9. The van der Waals surface area contributed by atoms with Crippen LogP contribution < -0.4 is 35.1 Å². The third-order valence-corrected chi connectivity index (χ3v) is 14.2. The minimum atomic E-state index is -0.480. The van der Waals surface area contributed by atoms with Crippen molar-refractivity contribution in [3.8, 4) is 52.4 Å². The number of rotatable bonds is 14. The van der Waals surface area contributed by atoms with Crippen LogP contribution in [-0.4, -0.2) is 72.5 Å². The van der Waals surface area contributed by atoms with Gasteiger partial charge >= 0.3 is 12.2 Å². The van der Waals surface area contributed by atoms with Crippen molar-refractivity contribution in [1.82, 2.24) is 29.9 Å². The van der Waals surface area contributed by atoms with Crippen LogP contribution in [0.25, 0.3) is 0 Å². The van der Waals surface area contributed by atoms with Crippen molar-refractivity contribution in [1.29, 1.82) is 10.5 Å². The van der Waals surface area contributed by atoms with Gasteiger partial charge in [-0.3, -0.25) is 0 Å². The molecule has 22 heteroatoms. The molecule has 4 N–H and O–H groups in total. The number of anilines is 3. The van der Waals surface area contributed by atoms with Crippen molar-refractivity contribution < 1.29 is 42.8 Å². The highest BCUT2D eigenvalue weighted by Gasteiger charge is 2.37. The molecule has 0 bridgehead atoms. The van der Waals surface area contributed by atoms with E-state index in [4.69, 9.17) is 56.6 Å². The van der Waals surface area contributed by atoms with Crippen LogP contribution in [0.5, 0.6) is 40.2 Å². The number of phenols is 1. The molecule has 2 fully saturated rings. The van der Waals surface area contributed by atoms with Crippen molar-refractivity contribution in [2.75, 3.05) is 28.3 Å². The lowest BCUT2D eigenvalue weighted by Gasteiger charge is -2.28. The summed E-state index contributed by atoms with van der Waals surface area (Å²) in [5, 5.41) is 29.0. The zero-order valence-corrected chi connectivity index (χ0v) is 55.1. The molecular formula is C74H74ClFN12O8. The van der Waals surface area contributed by atoms with Gasteiger partial charge in [-0.2, -0.15) is 35.4 Å². The molecule has 0 radical (unpaired) electrons. The Balaban J connectivity index is 0.000000174. The number of halogens is 2. The molecule has 96 heavy (non-hydrogen) atoms. The summed E-state index contributed by atoms with van der Waals surface area (Å²) in [7, 11) is 0. The van der Waals surface area contributed by atoms with E-state index in [9.17, 15) is 14.0 Å². The molecule has 0 spiro atoms. The van der Waals surface area contributed by atoms with E-state index in [1.54, 1.807) is 62.4 Å². The highest BCUT2D eigenvalue weighted by atomic mass is 35.5. The smallest absolute Gasteiger partial charge is 0.417 e. The van der Waals surface area contributed by atoms with Gasteiger partial charge in [-0.1, -0.05) is 111 Å². The van der Waals surface area contributed by atoms with Crippen LogP contribution in [0.2, 0.25) is 5.28 Å². The quantitative estimate of drug-likeness (QED) is 0.0913. The fourth-order valence-electron chi connectivity index (χ4n) is 8.85. The van der Waals surface area contributed by atoms with Gasteiger partial charge in [-0.15, -0.1) is 0 Å². The number of carbonyl (C=O) groups excluding carboxylic acids is 2. The SMILES string of the molecule is CC(C)(N)c1ccc(Oc2ccccc2)cc1.CC[C@H]1COC(=O)N1c1nc(C)nc(Cl)n1.CC[C@H]1COC(=O)N1c1nc(C)nc(NC(C)(C)c2ccc(Oc3ccccc3)cc2)n1.N#Cc1ccc(F)cc1.N#Cc1ccc(Oc2ccccc2)cc1.Oc1ccccc1. The minimum Gasteiger partial charge on any atom is -0.508 e. The summed E-state index contributed by atoms with van der Waals surface area (Å²) in [5.41, 5.74) is 8.47. The molecule has 20 nitrogen and oxygen atoms in total. The van der Waals surface area contributed by atoms with Crippen molar-refractivity contribution in [2.24, 2.45) is 5.73 Å². The number of phenolic OH excluding ortho intramolecular Hbond substituents is 1. The number of aromatic nitrogens is 6. The number of carbonyl (C=O) groups is 2. The summed E-state index contributed by atoms with van der Waals surface area (Å²) in [6.45, 7) is 16.2. The van der Waals surface area contributed by atoms with Gasteiger partial charge in [0.15, 0.2) is 0 Å². The summed E-state index contributed by atoms with van der Waals surface area (Å²) in [4.78, 5) is 51.8. The van der Waals surface area contributed by atoms with Crippen LogP contribution in [0, 0.1) is 42.3 Å². The van der Waals surface area contributed by atoms with Gasteiger partial charge in [0.2, 0.25) is 23.1 Å². The molecule has 12 rings (SSSR count). The predicted molar refractivity (Wildman–Crippen MR) is 367 cm³/mol. The number of hydrogen-bond acceptors (Lipinski definition) is 18. The van der Waals surface area contributed by atoms with Gasteiger partial charge in [0.05, 0.1) is 40.9 Å². The fourth-order valence-corrected chi connectivity index (χ4v) is 9.05. The molecule has 4 heterocycles. The number of nitrogens with one attached hydrogen (secondary N) is 1. The Bertz CT molecular complexity index is 4110. The number of aryl methyl sites for hydroxylation is 2. The molecule has 2 saturated heterocycles. The standard InChI is InChI=1S/C24H27N5O3.C15H17NO.C13H9NO.C9H11ClN4O2.C7H4FN.C6H6O/c1-5-18-15-31-23(30)29(18)22-26-16(2)25-21(27-22)28-24(3,4)17-11-13-20(14-12-17)32-19-9-7-6-8-10-19;1-15(2,16)12-8-10-14(11-9-12)17-13-6-4-3-5-7-13;14-10-11-6-8-13(9-7-11)15-12-4-2-1-3-5-12;1-3-6-4-16-9(15)14(6)8-12-5(2)11-7(10)13-8;8-7-3-1-6(5-9)2-4-7;7-6-4-2-1-3-5-6/h6-14,18H,5,15H2,1-4H3,(H,25,26,27,28);3-11H,16H2,1-2H3;1-9H;6H,3-4H2,1-2H3;1-4H;1-5,7H/t18-;;;6-;;/m0..0../s1. The van der Waals surface area contributed by atoms with E-state index in [-0.39, 0.29) is 34.7 Å². The van der Waals surface area contributed by atoms with Crippen molar-refractivity contribution in [2.45, 2.75) is 91.4 Å². The van der Waals surface area contributed by atoms with Gasteiger partial charge in [-0.05, 0) is 198 Å². The number of nitrogens with zero attached hydrogens (tertiary/aromatic N) is 10. The number of ether oxygens (including phenoxy) is 5. The second-order valence-electron chi connectivity index (χ2n) is 22.3. The lowest BCUT2D eigenvalue weighted by molar-refractivity contribution is 0.177. The van der Waals surface area contributed by atoms with Crippen molar-refractivity contribution in [3.63, 3.8) is 0 Å². The highest BCUT2D eigenvalue weighted by molar-refractivity contribution is 6.28. The van der Waals surface area contributed by atoms with Gasteiger partial charge in [0, 0.05) is 5.54 Å². The van der Waals surface area contributed by atoms with Crippen LogP contribution in [0.4, 0.5) is 31.8 Å². The Kier molecular flexibility index (Phi) is 26.6. The third kappa shape index (κ3) is 22.7. The Morgan fingerprint density at radius 1 is 0.531 bits per heavy atom. The molecule has 0 aliphatic carbocycles. The molecule has 492 valence electrons. The highest BCUT2D eigenvalue weighted by Crippen LogP contribution is 2.31. The summed E-state index contributed by atoms with van der Waals surface area (Å²) in [6, 6.07) is 69.7. The Morgan fingerprint density at radius 3 is 1.25 bits per heavy atom. The number of amides is 2. The van der Waals surface area contributed by atoms with Crippen LogP contribution in [0.1, 0.15) is 88.3 Å². The fraction of sp³-hybridized carbons (Fsp3) is 0.216. The molecule has 2 atom stereocenters. The Morgan fingerprint density at radius 2 is 0.885 bits per heavy atom. The van der Waals surface area contributed by atoms with Crippen LogP contribution in [0.15, 0.2) is 218 Å². The number of nitriles is 2. The lowest BCUT2D eigenvalue weighted by atomic mass is 9.94. The average Bonchev–Trinajstić information content (AvgIpc) is 1.52. The average molecular weight is 1310 g/mol. The van der Waals surface area contributed by atoms with Crippen molar-refractivity contribution >= 4 is 41.6 Å².